The number of rotatable bonds is 3. The van der Waals surface area contributed by atoms with E-state index in [1.54, 1.807) is 24.3 Å². The van der Waals surface area contributed by atoms with Crippen LogP contribution in [0.2, 0.25) is 5.02 Å². The first-order valence-corrected chi connectivity index (χ1v) is 5.49. The maximum atomic E-state index is 11.2. The third-order valence-electron chi connectivity index (χ3n) is 2.40. The maximum absolute atomic E-state index is 11.2. The van der Waals surface area contributed by atoms with Crippen LogP contribution >= 0.6 is 11.6 Å². The van der Waals surface area contributed by atoms with Gasteiger partial charge in [0.25, 0.3) is 0 Å². The molecule has 0 amide bonds. The summed E-state index contributed by atoms with van der Waals surface area (Å²) in [4.78, 5) is 11.2. The molecule has 4 nitrogen and oxygen atoms in total. The second-order valence-electron chi connectivity index (χ2n) is 3.50. The van der Waals surface area contributed by atoms with Gasteiger partial charge in [-0.15, -0.1) is 0 Å². The lowest BCUT2D eigenvalue weighted by Crippen LogP contribution is -2.01. The molecule has 1 heterocycles. The Kier molecular flexibility index (Phi) is 3.15. The molecular formula is C12H10ClNO3. The van der Waals surface area contributed by atoms with Gasteiger partial charge in [0.2, 0.25) is 0 Å². The van der Waals surface area contributed by atoms with E-state index in [4.69, 9.17) is 21.2 Å². The molecule has 0 saturated carbocycles. The predicted octanol–water partition coefficient (Wildman–Crippen LogP) is 3.26. The lowest BCUT2D eigenvalue weighted by Gasteiger charge is -1.99. The number of aromatic nitrogens is 1. The zero-order valence-corrected chi connectivity index (χ0v) is 9.86. The van der Waals surface area contributed by atoms with Crippen molar-refractivity contribution in [2.45, 2.75) is 13.3 Å². The van der Waals surface area contributed by atoms with E-state index in [9.17, 15) is 4.79 Å². The second kappa shape index (κ2) is 4.59. The third kappa shape index (κ3) is 2.17. The summed E-state index contributed by atoms with van der Waals surface area (Å²) in [6, 6.07) is 6.83. The van der Waals surface area contributed by atoms with Gasteiger partial charge < -0.3 is 9.63 Å². The molecule has 88 valence electrons. The molecule has 0 unspecified atom stereocenters. The van der Waals surface area contributed by atoms with E-state index in [1.165, 1.54) is 0 Å². The van der Waals surface area contributed by atoms with E-state index in [1.807, 2.05) is 6.92 Å². The fraction of sp³-hybridized carbons (Fsp3) is 0.167. The van der Waals surface area contributed by atoms with Crippen molar-refractivity contribution >= 4 is 17.6 Å². The smallest absolute Gasteiger partial charge is 0.341 e. The summed E-state index contributed by atoms with van der Waals surface area (Å²) >= 11 is 5.86. The standard InChI is InChI=1S/C12H10ClNO3/c1-2-9-10(12(15)16)11(17-14-9)7-4-3-5-8(13)6-7/h3-6H,2H2,1H3,(H,15,16). The summed E-state index contributed by atoms with van der Waals surface area (Å²) in [5.41, 5.74) is 1.16. The van der Waals surface area contributed by atoms with Gasteiger partial charge in [0.05, 0.1) is 5.69 Å². The lowest BCUT2D eigenvalue weighted by molar-refractivity contribution is 0.0696. The van der Waals surface area contributed by atoms with Crippen LogP contribution in [-0.4, -0.2) is 16.2 Å². The van der Waals surface area contributed by atoms with E-state index in [2.05, 4.69) is 5.16 Å². The van der Waals surface area contributed by atoms with Crippen molar-refractivity contribution in [1.29, 1.82) is 0 Å². The number of aromatic carboxylic acids is 1. The number of carboxylic acid groups (broad SMARTS) is 1. The van der Waals surface area contributed by atoms with Crippen molar-refractivity contribution in [3.63, 3.8) is 0 Å². The monoisotopic (exact) mass is 251 g/mol. The van der Waals surface area contributed by atoms with Crippen LogP contribution in [0.1, 0.15) is 23.0 Å². The largest absolute Gasteiger partial charge is 0.477 e. The van der Waals surface area contributed by atoms with Gasteiger partial charge in [0.1, 0.15) is 5.56 Å². The third-order valence-corrected chi connectivity index (χ3v) is 2.63. The molecule has 1 aromatic heterocycles. The van der Waals surface area contributed by atoms with Crippen LogP contribution in [0.15, 0.2) is 28.8 Å². The fourth-order valence-electron chi connectivity index (χ4n) is 1.61. The molecule has 5 heteroatoms. The van der Waals surface area contributed by atoms with Gasteiger partial charge in [-0.3, -0.25) is 0 Å². The summed E-state index contributed by atoms with van der Waals surface area (Å²) in [6.45, 7) is 1.83. The molecule has 2 rings (SSSR count). The SMILES string of the molecule is CCc1noc(-c2cccc(Cl)c2)c1C(=O)O. The normalized spacial score (nSPS) is 10.5. The van der Waals surface area contributed by atoms with E-state index in [-0.39, 0.29) is 11.3 Å². The van der Waals surface area contributed by atoms with Gasteiger partial charge in [-0.2, -0.15) is 0 Å². The molecule has 1 aromatic carbocycles. The van der Waals surface area contributed by atoms with Gasteiger partial charge in [-0.1, -0.05) is 35.8 Å². The number of halogens is 1. The molecule has 2 aromatic rings. The Bertz CT molecular complexity index is 563. The average molecular weight is 252 g/mol. The van der Waals surface area contributed by atoms with E-state index < -0.39 is 5.97 Å². The molecule has 0 radical (unpaired) electrons. The minimum Gasteiger partial charge on any atom is -0.477 e. The molecule has 0 aliphatic carbocycles. The van der Waals surface area contributed by atoms with Crippen LogP contribution in [0.5, 0.6) is 0 Å². The molecule has 1 N–H and O–H groups in total. The first-order valence-electron chi connectivity index (χ1n) is 5.11. The molecule has 0 bridgehead atoms. The van der Waals surface area contributed by atoms with Crippen LogP contribution in [0.4, 0.5) is 0 Å². The summed E-state index contributed by atoms with van der Waals surface area (Å²) in [5, 5.41) is 13.4. The van der Waals surface area contributed by atoms with E-state index in [0.717, 1.165) is 0 Å². The molecule has 0 saturated heterocycles. The highest BCUT2D eigenvalue weighted by Crippen LogP contribution is 2.28. The van der Waals surface area contributed by atoms with Crippen molar-refractivity contribution in [2.75, 3.05) is 0 Å². The first-order chi connectivity index (χ1) is 8.13. The van der Waals surface area contributed by atoms with Crippen LogP contribution < -0.4 is 0 Å². The van der Waals surface area contributed by atoms with Gasteiger partial charge in [-0.05, 0) is 18.6 Å². The predicted molar refractivity (Wildman–Crippen MR) is 63.3 cm³/mol. The minimum absolute atomic E-state index is 0.106. The number of benzene rings is 1. The number of nitrogens with zero attached hydrogens (tertiary/aromatic N) is 1. The maximum Gasteiger partial charge on any atom is 0.341 e. The van der Waals surface area contributed by atoms with Gasteiger partial charge in [0.15, 0.2) is 5.76 Å². The Morgan fingerprint density at radius 2 is 2.29 bits per heavy atom. The molecule has 0 atom stereocenters. The number of aryl methyl sites for hydroxylation is 1. The summed E-state index contributed by atoms with van der Waals surface area (Å²) in [6.07, 6.45) is 0.506. The lowest BCUT2D eigenvalue weighted by atomic mass is 10.1. The second-order valence-corrected chi connectivity index (χ2v) is 3.94. The number of hydrogen-bond acceptors (Lipinski definition) is 3. The highest BCUT2D eigenvalue weighted by Gasteiger charge is 2.22. The first kappa shape index (κ1) is 11.7. The molecule has 0 aliphatic heterocycles. The summed E-state index contributed by atoms with van der Waals surface area (Å²) < 4.78 is 5.10. The quantitative estimate of drug-likeness (QED) is 0.909. The van der Waals surface area contributed by atoms with Crippen molar-refractivity contribution in [1.82, 2.24) is 5.16 Å². The Morgan fingerprint density at radius 1 is 1.53 bits per heavy atom. The Labute approximate surface area is 103 Å². The molecule has 0 aliphatic rings. The Morgan fingerprint density at radius 3 is 2.88 bits per heavy atom. The van der Waals surface area contributed by atoms with Gasteiger partial charge >= 0.3 is 5.97 Å². The highest BCUT2D eigenvalue weighted by atomic mass is 35.5. The molecule has 17 heavy (non-hydrogen) atoms. The minimum atomic E-state index is -1.04. The van der Waals surface area contributed by atoms with Crippen molar-refractivity contribution < 1.29 is 14.4 Å². The van der Waals surface area contributed by atoms with Crippen molar-refractivity contribution in [3.05, 3.63) is 40.5 Å². The van der Waals surface area contributed by atoms with Crippen LogP contribution in [-0.2, 0) is 6.42 Å². The number of carboxylic acids is 1. The van der Waals surface area contributed by atoms with Crippen molar-refractivity contribution in [2.24, 2.45) is 0 Å². The zero-order valence-electron chi connectivity index (χ0n) is 9.11. The van der Waals surface area contributed by atoms with E-state index in [0.29, 0.717) is 22.7 Å². The fourth-order valence-corrected chi connectivity index (χ4v) is 1.80. The molecular weight excluding hydrogens is 242 g/mol. The zero-order chi connectivity index (χ0) is 12.4. The number of hydrogen-bond donors (Lipinski definition) is 1. The van der Waals surface area contributed by atoms with E-state index >= 15 is 0 Å². The summed E-state index contributed by atoms with van der Waals surface area (Å²) in [5.74, 6) is -0.796. The van der Waals surface area contributed by atoms with Crippen LogP contribution in [0.25, 0.3) is 11.3 Å². The van der Waals surface area contributed by atoms with Gasteiger partial charge in [-0.25, -0.2) is 4.79 Å². The number of carbonyl (C=O) groups is 1. The highest BCUT2D eigenvalue weighted by molar-refractivity contribution is 6.30. The topological polar surface area (TPSA) is 63.3 Å². The molecule has 0 fully saturated rings. The average Bonchev–Trinajstić information content (AvgIpc) is 2.72. The molecule has 0 spiro atoms. The summed E-state index contributed by atoms with van der Waals surface area (Å²) in [7, 11) is 0. The Balaban J connectivity index is 2.60. The van der Waals surface area contributed by atoms with Gasteiger partial charge in [0, 0.05) is 10.6 Å². The Hall–Kier alpha value is -1.81. The van der Waals surface area contributed by atoms with Crippen LogP contribution in [0, 0.1) is 0 Å². The van der Waals surface area contributed by atoms with Crippen molar-refractivity contribution in [3.8, 4) is 11.3 Å². The van der Waals surface area contributed by atoms with Crippen LogP contribution in [0.3, 0.4) is 0 Å².